The number of rotatable bonds is 5. The summed E-state index contributed by atoms with van der Waals surface area (Å²) in [5.41, 5.74) is 0.870. The lowest BCUT2D eigenvalue weighted by Gasteiger charge is -2.17. The Hall–Kier alpha value is -1.33. The second-order valence-electron chi connectivity index (χ2n) is 4.80. The van der Waals surface area contributed by atoms with Gasteiger partial charge in [-0.25, -0.2) is 4.98 Å². The van der Waals surface area contributed by atoms with E-state index in [2.05, 4.69) is 10.3 Å². The van der Waals surface area contributed by atoms with Crippen LogP contribution in [0.5, 0.6) is 0 Å². The van der Waals surface area contributed by atoms with E-state index in [-0.39, 0.29) is 12.5 Å². The smallest absolute Gasteiger partial charge is 0.239 e. The maximum Gasteiger partial charge on any atom is 0.239 e. The Kier molecular flexibility index (Phi) is 6.03. The van der Waals surface area contributed by atoms with Crippen molar-refractivity contribution >= 4 is 46.5 Å². The molecule has 0 bridgehead atoms. The molecule has 0 saturated carbocycles. The molecule has 1 aromatic carbocycles. The maximum atomic E-state index is 12.0. The van der Waals surface area contributed by atoms with Crippen LogP contribution in [0.15, 0.2) is 36.5 Å². The van der Waals surface area contributed by atoms with Gasteiger partial charge in [-0.15, -0.1) is 0 Å². The fraction of sp³-hybridized carbons (Fsp3) is 0.200. The van der Waals surface area contributed by atoms with Gasteiger partial charge in [0.1, 0.15) is 5.82 Å². The highest BCUT2D eigenvalue weighted by Crippen LogP contribution is 2.26. The van der Waals surface area contributed by atoms with Gasteiger partial charge >= 0.3 is 0 Å². The SMILES string of the molecule is CN(CC(=O)Nc1ccc(Cl)cn1)Cc1cccc(Cl)c1Cl. The second-order valence-corrected chi connectivity index (χ2v) is 6.02. The van der Waals surface area contributed by atoms with Crippen molar-refractivity contribution in [2.24, 2.45) is 0 Å². The number of nitrogens with zero attached hydrogens (tertiary/aromatic N) is 2. The van der Waals surface area contributed by atoms with E-state index in [1.807, 2.05) is 24.1 Å². The highest BCUT2D eigenvalue weighted by Gasteiger charge is 2.11. The third kappa shape index (κ3) is 4.85. The van der Waals surface area contributed by atoms with Crippen LogP contribution in [-0.2, 0) is 11.3 Å². The van der Waals surface area contributed by atoms with Crippen LogP contribution in [0.1, 0.15) is 5.56 Å². The standard InChI is InChI=1S/C15H14Cl3N3O/c1-21(8-10-3-2-4-12(17)15(10)18)9-14(22)20-13-6-5-11(16)7-19-13/h2-7H,8-9H2,1H3,(H,19,20,22). The minimum absolute atomic E-state index is 0.171. The summed E-state index contributed by atoms with van der Waals surface area (Å²) in [4.78, 5) is 17.8. The lowest BCUT2D eigenvalue weighted by atomic mass is 10.2. The maximum absolute atomic E-state index is 12.0. The number of amides is 1. The Morgan fingerprint density at radius 3 is 2.68 bits per heavy atom. The van der Waals surface area contributed by atoms with Crippen molar-refractivity contribution in [2.75, 3.05) is 18.9 Å². The molecule has 0 unspecified atom stereocenters. The van der Waals surface area contributed by atoms with Crippen molar-refractivity contribution < 1.29 is 4.79 Å². The fourth-order valence-corrected chi connectivity index (χ4v) is 2.39. The van der Waals surface area contributed by atoms with Crippen LogP contribution < -0.4 is 5.32 Å². The molecule has 0 aliphatic heterocycles. The zero-order valence-electron chi connectivity index (χ0n) is 11.8. The number of hydrogen-bond acceptors (Lipinski definition) is 3. The van der Waals surface area contributed by atoms with E-state index in [1.54, 1.807) is 18.2 Å². The van der Waals surface area contributed by atoms with Gasteiger partial charge in [-0.3, -0.25) is 9.69 Å². The summed E-state index contributed by atoms with van der Waals surface area (Å²) in [6.07, 6.45) is 1.48. The molecule has 0 spiro atoms. The molecule has 2 aromatic rings. The van der Waals surface area contributed by atoms with Crippen LogP contribution in [0.2, 0.25) is 15.1 Å². The molecule has 2 rings (SSSR count). The molecule has 7 heteroatoms. The number of carbonyl (C=O) groups excluding carboxylic acids is 1. The number of anilines is 1. The first kappa shape index (κ1) is 17.0. The van der Waals surface area contributed by atoms with Crippen LogP contribution >= 0.6 is 34.8 Å². The van der Waals surface area contributed by atoms with Crippen LogP contribution in [0.4, 0.5) is 5.82 Å². The predicted molar refractivity (Wildman–Crippen MR) is 90.7 cm³/mol. The van der Waals surface area contributed by atoms with Crippen molar-refractivity contribution in [3.8, 4) is 0 Å². The molecule has 0 aliphatic rings. The summed E-state index contributed by atoms with van der Waals surface area (Å²) >= 11 is 17.9. The number of pyridine rings is 1. The number of halogens is 3. The number of aromatic nitrogens is 1. The minimum atomic E-state index is -0.171. The van der Waals surface area contributed by atoms with Crippen molar-refractivity contribution in [1.82, 2.24) is 9.88 Å². The van der Waals surface area contributed by atoms with E-state index in [0.717, 1.165) is 5.56 Å². The van der Waals surface area contributed by atoms with Crippen molar-refractivity contribution in [3.05, 3.63) is 57.2 Å². The van der Waals surface area contributed by atoms with Gasteiger partial charge in [-0.1, -0.05) is 46.9 Å². The van der Waals surface area contributed by atoms with Gasteiger partial charge < -0.3 is 5.32 Å². The quantitative estimate of drug-likeness (QED) is 0.875. The van der Waals surface area contributed by atoms with E-state index in [1.165, 1.54) is 6.20 Å². The zero-order valence-corrected chi connectivity index (χ0v) is 14.1. The molecular formula is C15H14Cl3N3O. The first-order chi connectivity index (χ1) is 10.5. The zero-order chi connectivity index (χ0) is 16.1. The number of carbonyl (C=O) groups is 1. The van der Waals surface area contributed by atoms with E-state index in [9.17, 15) is 4.79 Å². The molecule has 1 heterocycles. The third-order valence-electron chi connectivity index (χ3n) is 2.88. The van der Waals surface area contributed by atoms with Gasteiger partial charge in [0.05, 0.1) is 21.6 Å². The van der Waals surface area contributed by atoms with E-state index in [4.69, 9.17) is 34.8 Å². The lowest BCUT2D eigenvalue weighted by Crippen LogP contribution is -2.30. The van der Waals surface area contributed by atoms with E-state index in [0.29, 0.717) is 27.4 Å². The van der Waals surface area contributed by atoms with Crippen molar-refractivity contribution in [3.63, 3.8) is 0 Å². The third-order valence-corrected chi connectivity index (χ3v) is 3.96. The molecule has 0 aliphatic carbocycles. The summed E-state index contributed by atoms with van der Waals surface area (Å²) in [5, 5.41) is 4.23. The van der Waals surface area contributed by atoms with E-state index >= 15 is 0 Å². The average Bonchev–Trinajstić information content (AvgIpc) is 2.46. The van der Waals surface area contributed by atoms with Crippen molar-refractivity contribution in [2.45, 2.75) is 6.54 Å². The molecule has 1 N–H and O–H groups in total. The van der Waals surface area contributed by atoms with Crippen molar-refractivity contribution in [1.29, 1.82) is 0 Å². The largest absolute Gasteiger partial charge is 0.310 e. The number of benzene rings is 1. The Morgan fingerprint density at radius 1 is 1.23 bits per heavy atom. The van der Waals surface area contributed by atoms with Gasteiger partial charge in [0.15, 0.2) is 0 Å². The van der Waals surface area contributed by atoms with Gasteiger partial charge in [0.2, 0.25) is 5.91 Å². The Bertz CT molecular complexity index is 662. The molecule has 4 nitrogen and oxygen atoms in total. The van der Waals surface area contributed by atoms with E-state index < -0.39 is 0 Å². The first-order valence-corrected chi connectivity index (χ1v) is 7.62. The summed E-state index contributed by atoms with van der Waals surface area (Å²) in [7, 11) is 1.83. The van der Waals surface area contributed by atoms with Gasteiger partial charge in [-0.2, -0.15) is 0 Å². The molecule has 0 saturated heterocycles. The minimum Gasteiger partial charge on any atom is -0.310 e. The predicted octanol–water partition coefficient (Wildman–Crippen LogP) is 4.11. The molecule has 22 heavy (non-hydrogen) atoms. The molecule has 1 amide bonds. The molecule has 0 fully saturated rings. The van der Waals surface area contributed by atoms with Crippen LogP contribution in [0, 0.1) is 0 Å². The highest BCUT2D eigenvalue weighted by atomic mass is 35.5. The topological polar surface area (TPSA) is 45.2 Å². The summed E-state index contributed by atoms with van der Waals surface area (Å²) in [6, 6.07) is 8.75. The fourth-order valence-electron chi connectivity index (χ4n) is 1.89. The van der Waals surface area contributed by atoms with Gasteiger partial charge in [0, 0.05) is 12.7 Å². The Morgan fingerprint density at radius 2 is 2.00 bits per heavy atom. The normalized spacial score (nSPS) is 10.8. The average molecular weight is 359 g/mol. The molecular weight excluding hydrogens is 345 g/mol. The lowest BCUT2D eigenvalue weighted by molar-refractivity contribution is -0.117. The second kappa shape index (κ2) is 7.79. The monoisotopic (exact) mass is 357 g/mol. The molecule has 116 valence electrons. The molecule has 0 atom stereocenters. The molecule has 1 aromatic heterocycles. The summed E-state index contributed by atoms with van der Waals surface area (Å²) in [6.45, 7) is 0.716. The highest BCUT2D eigenvalue weighted by molar-refractivity contribution is 6.42. The van der Waals surface area contributed by atoms with Gasteiger partial charge in [-0.05, 0) is 30.8 Å². The van der Waals surface area contributed by atoms with Crippen LogP contribution in [0.3, 0.4) is 0 Å². The number of likely N-dealkylation sites (N-methyl/N-ethyl adjacent to an activating group) is 1. The van der Waals surface area contributed by atoms with Crippen LogP contribution in [0.25, 0.3) is 0 Å². The first-order valence-electron chi connectivity index (χ1n) is 6.48. The summed E-state index contributed by atoms with van der Waals surface area (Å²) < 4.78 is 0. The number of nitrogens with one attached hydrogen (secondary N) is 1. The van der Waals surface area contributed by atoms with Crippen LogP contribution in [-0.4, -0.2) is 29.4 Å². The summed E-state index contributed by atoms with van der Waals surface area (Å²) in [5.74, 6) is 0.291. The Labute approximate surface area is 144 Å². The van der Waals surface area contributed by atoms with Gasteiger partial charge in [0.25, 0.3) is 0 Å². The Balaban J connectivity index is 1.91. The number of hydrogen-bond donors (Lipinski definition) is 1. The molecule has 0 radical (unpaired) electrons.